The smallest absolute Gasteiger partial charge is 0.410 e. The molecule has 0 radical (unpaired) electrons. The monoisotopic (exact) mass is 736 g/mol. The van der Waals surface area contributed by atoms with E-state index in [0.29, 0.717) is 42.4 Å². The van der Waals surface area contributed by atoms with E-state index in [4.69, 9.17) is 4.74 Å². The highest BCUT2D eigenvalue weighted by molar-refractivity contribution is 5.88. The van der Waals surface area contributed by atoms with Crippen molar-refractivity contribution in [3.8, 4) is 38.5 Å². The Labute approximate surface area is 326 Å². The summed E-state index contributed by atoms with van der Waals surface area (Å²) in [6.07, 6.45) is 39.5. The van der Waals surface area contributed by atoms with Gasteiger partial charge >= 0.3 is 12.1 Å². The Morgan fingerprint density at radius 2 is 1.52 bits per heavy atom. The molecular formula is C47H64N2O5. The second-order valence-electron chi connectivity index (χ2n) is 17.2. The van der Waals surface area contributed by atoms with Gasteiger partial charge in [0.2, 0.25) is 5.91 Å². The van der Waals surface area contributed by atoms with Gasteiger partial charge in [-0.25, -0.2) is 9.59 Å². The Kier molecular flexibility index (Phi) is 14.2. The first-order valence-corrected chi connectivity index (χ1v) is 19.5. The molecule has 7 heteroatoms. The van der Waals surface area contributed by atoms with E-state index < -0.39 is 5.97 Å². The molecule has 1 saturated heterocycles. The van der Waals surface area contributed by atoms with Gasteiger partial charge in [-0.1, -0.05) is 65.3 Å². The van der Waals surface area contributed by atoms with E-state index >= 15 is 0 Å². The minimum atomic E-state index is -0.879. The van der Waals surface area contributed by atoms with Gasteiger partial charge in [0.25, 0.3) is 0 Å². The van der Waals surface area contributed by atoms with Crippen LogP contribution in [0.25, 0.3) is 5.57 Å². The van der Waals surface area contributed by atoms with Crippen LogP contribution in [0.4, 0.5) is 4.79 Å². The molecule has 3 unspecified atom stereocenters. The molecule has 8 atom stereocenters. The molecule has 0 aromatic heterocycles. The number of carboxylic acid groups (broad SMARTS) is 1. The third kappa shape index (κ3) is 7.35. The molecule has 292 valence electrons. The SMILES string of the molecule is C#C.C#C.C#C.C=CC.CC1(C)C(c2ccc(C(=O)O)cc2)=CC[C@@]2(C)C1CC[C@]1(C)C2CC[C@@H]2C3CCC[C@]3(NC(=O)CN3CCOC3=O)CC[C@]21C. The molecule has 0 spiro atoms. The molecule has 7 nitrogen and oxygen atoms in total. The number of hydrogen-bond acceptors (Lipinski definition) is 4. The average Bonchev–Trinajstić information content (AvgIpc) is 3.76. The number of carbonyl (C=O) groups excluding carboxylic acids is 2. The second-order valence-corrected chi connectivity index (χ2v) is 17.2. The van der Waals surface area contributed by atoms with Crippen LogP contribution in [0.1, 0.15) is 122 Å². The van der Waals surface area contributed by atoms with Gasteiger partial charge in [0.15, 0.2) is 0 Å². The van der Waals surface area contributed by atoms with Crippen molar-refractivity contribution in [2.75, 3.05) is 19.7 Å². The van der Waals surface area contributed by atoms with Crippen LogP contribution < -0.4 is 5.32 Å². The van der Waals surface area contributed by atoms with Crippen LogP contribution in [0.5, 0.6) is 0 Å². The van der Waals surface area contributed by atoms with Crippen LogP contribution in [-0.4, -0.2) is 53.2 Å². The lowest BCUT2D eigenvalue weighted by atomic mass is 9.33. The lowest BCUT2D eigenvalue weighted by Crippen LogP contribution is -2.68. The van der Waals surface area contributed by atoms with Crippen molar-refractivity contribution in [3.05, 3.63) is 54.1 Å². The number of hydrogen-bond donors (Lipinski definition) is 2. The standard InChI is InChI=1S/C38H52N2O5.C3H6.3C2H2/c1-34(2)26(24-8-10-25(11-9-24)32(42)43)14-17-35(3)29(34)15-18-37(5)30(35)13-12-27-28-7-6-16-38(28,20-19-36(27,37)4)39-31(41)23-40-21-22-45-33(40)44;1-3-2;3*1-2/h8-11,14,27-30H,6-7,12-13,15-23H2,1-5H3,(H,39,41)(H,42,43);3H,1H2,2H3;3*1-2H/t27-,28?,29?,30?,35+,36-,37-,38+;;;;/m1..../s1. The number of amides is 2. The highest BCUT2D eigenvalue weighted by atomic mass is 16.6. The molecule has 4 saturated carbocycles. The van der Waals surface area contributed by atoms with Crippen LogP contribution in [-0.2, 0) is 9.53 Å². The predicted molar refractivity (Wildman–Crippen MR) is 219 cm³/mol. The van der Waals surface area contributed by atoms with E-state index in [2.05, 4.69) is 91.1 Å². The maximum absolute atomic E-state index is 13.3. The van der Waals surface area contributed by atoms with Crippen LogP contribution in [0.3, 0.4) is 0 Å². The summed E-state index contributed by atoms with van der Waals surface area (Å²) in [7, 11) is 0. The number of allylic oxidation sites excluding steroid dienone is 3. The molecule has 0 bridgehead atoms. The molecule has 2 amide bonds. The van der Waals surface area contributed by atoms with Crippen molar-refractivity contribution in [2.24, 2.45) is 45.3 Å². The molecule has 2 N–H and O–H groups in total. The lowest BCUT2D eigenvalue weighted by Gasteiger charge is -2.72. The third-order valence-electron chi connectivity index (χ3n) is 14.9. The second kappa shape index (κ2) is 17.4. The number of nitrogens with zero attached hydrogens (tertiary/aromatic N) is 1. The Morgan fingerprint density at radius 3 is 2.09 bits per heavy atom. The number of ether oxygens (including phenoxy) is 1. The Morgan fingerprint density at radius 1 is 0.889 bits per heavy atom. The fraction of sp³-hybridized carbons (Fsp3) is 0.596. The van der Waals surface area contributed by atoms with Gasteiger partial charge < -0.3 is 15.2 Å². The van der Waals surface area contributed by atoms with Crippen molar-refractivity contribution in [2.45, 2.75) is 111 Å². The number of nitrogens with one attached hydrogen (secondary N) is 1. The largest absolute Gasteiger partial charge is 0.478 e. The zero-order valence-corrected chi connectivity index (χ0v) is 33.7. The average molecular weight is 737 g/mol. The van der Waals surface area contributed by atoms with Crippen LogP contribution in [0.15, 0.2) is 43.0 Å². The van der Waals surface area contributed by atoms with E-state index in [1.807, 2.05) is 19.1 Å². The Hall–Kier alpha value is -4.41. The van der Waals surface area contributed by atoms with E-state index in [-0.39, 0.29) is 45.7 Å². The van der Waals surface area contributed by atoms with Crippen LogP contribution in [0.2, 0.25) is 0 Å². The summed E-state index contributed by atoms with van der Waals surface area (Å²) in [4.78, 5) is 38.4. The normalized spacial score (nSPS) is 35.0. The summed E-state index contributed by atoms with van der Waals surface area (Å²) in [6.45, 7) is 18.9. The van der Waals surface area contributed by atoms with Crippen molar-refractivity contribution in [3.63, 3.8) is 0 Å². The van der Waals surface area contributed by atoms with E-state index in [0.717, 1.165) is 31.2 Å². The first kappa shape index (κ1) is 44.0. The van der Waals surface area contributed by atoms with E-state index in [1.165, 1.54) is 49.0 Å². The highest BCUT2D eigenvalue weighted by Gasteiger charge is 2.69. The summed E-state index contributed by atoms with van der Waals surface area (Å²) >= 11 is 0. The number of terminal acetylenes is 3. The quantitative estimate of drug-likeness (QED) is 0.232. The molecule has 1 aromatic carbocycles. The van der Waals surface area contributed by atoms with Crippen LogP contribution >= 0.6 is 0 Å². The topological polar surface area (TPSA) is 95.9 Å². The number of fused-ring (bicyclic) bond motifs is 7. The molecule has 7 rings (SSSR count). The van der Waals surface area contributed by atoms with Gasteiger partial charge in [0.1, 0.15) is 13.2 Å². The first-order chi connectivity index (χ1) is 25.7. The summed E-state index contributed by atoms with van der Waals surface area (Å²) in [5.41, 5.74) is 3.40. The molecule has 5 aliphatic carbocycles. The number of rotatable bonds is 5. The fourth-order valence-corrected chi connectivity index (χ4v) is 12.7. The number of carboxylic acids is 1. The molecule has 54 heavy (non-hydrogen) atoms. The summed E-state index contributed by atoms with van der Waals surface area (Å²) in [6, 6.07) is 7.50. The van der Waals surface area contributed by atoms with Gasteiger partial charge in [0.05, 0.1) is 12.1 Å². The lowest BCUT2D eigenvalue weighted by molar-refractivity contribution is -0.217. The zero-order chi connectivity index (χ0) is 40.7. The van der Waals surface area contributed by atoms with Gasteiger partial charge in [-0.2, -0.15) is 0 Å². The van der Waals surface area contributed by atoms with Gasteiger partial charge in [-0.3, -0.25) is 9.69 Å². The Bertz CT molecular complexity index is 1600. The maximum atomic E-state index is 13.3. The zero-order valence-electron chi connectivity index (χ0n) is 33.7. The van der Waals surface area contributed by atoms with E-state index in [1.54, 1.807) is 18.2 Å². The Balaban J connectivity index is 0.000000807. The summed E-state index contributed by atoms with van der Waals surface area (Å²) in [5.74, 6) is 1.39. The summed E-state index contributed by atoms with van der Waals surface area (Å²) in [5, 5.41) is 13.0. The third-order valence-corrected chi connectivity index (χ3v) is 14.9. The van der Waals surface area contributed by atoms with Crippen LogP contribution in [0, 0.1) is 83.9 Å². The molecule has 5 fully saturated rings. The van der Waals surface area contributed by atoms with Gasteiger partial charge in [-0.15, -0.1) is 45.1 Å². The molecule has 6 aliphatic rings. The predicted octanol–water partition coefficient (Wildman–Crippen LogP) is 9.49. The molecule has 1 aliphatic heterocycles. The molecule has 1 aromatic rings. The number of aromatic carboxylic acids is 1. The fourth-order valence-electron chi connectivity index (χ4n) is 12.7. The van der Waals surface area contributed by atoms with Crippen molar-refractivity contribution in [1.82, 2.24) is 10.2 Å². The van der Waals surface area contributed by atoms with Crippen molar-refractivity contribution < 1.29 is 24.2 Å². The minimum Gasteiger partial charge on any atom is -0.478 e. The number of cyclic esters (lactones) is 1. The number of carbonyl (C=O) groups is 3. The van der Waals surface area contributed by atoms with Crippen molar-refractivity contribution in [1.29, 1.82) is 0 Å². The minimum absolute atomic E-state index is 0.00393. The van der Waals surface area contributed by atoms with Gasteiger partial charge in [-0.05, 0) is 133 Å². The van der Waals surface area contributed by atoms with Gasteiger partial charge in [0, 0.05) is 5.54 Å². The highest BCUT2D eigenvalue weighted by Crippen LogP contribution is 2.76. The first-order valence-electron chi connectivity index (χ1n) is 19.5. The maximum Gasteiger partial charge on any atom is 0.410 e. The molecular weight excluding hydrogens is 673 g/mol. The molecule has 1 heterocycles. The summed E-state index contributed by atoms with van der Waals surface area (Å²) < 4.78 is 5.07. The van der Waals surface area contributed by atoms with Crippen molar-refractivity contribution >= 4 is 23.5 Å². The number of benzene rings is 1. The van der Waals surface area contributed by atoms with E-state index in [9.17, 15) is 19.5 Å².